The zero-order chi connectivity index (χ0) is 16.4. The topological polar surface area (TPSA) is 44.8 Å². The SMILES string of the molecule is COc1ccc(C2CC(=O)Cc3cc(OC)c(OC)cc32)cc1. The zero-order valence-corrected chi connectivity index (χ0v) is 13.6. The third-order valence-corrected chi connectivity index (χ3v) is 4.36. The van der Waals surface area contributed by atoms with Crippen LogP contribution in [-0.2, 0) is 11.2 Å². The van der Waals surface area contributed by atoms with Gasteiger partial charge in [0.2, 0.25) is 0 Å². The van der Waals surface area contributed by atoms with Gasteiger partial charge in [-0.3, -0.25) is 4.79 Å². The molecule has 23 heavy (non-hydrogen) atoms. The number of ether oxygens (including phenoxy) is 3. The van der Waals surface area contributed by atoms with Crippen LogP contribution in [0.2, 0.25) is 0 Å². The van der Waals surface area contributed by atoms with Crippen LogP contribution < -0.4 is 14.2 Å². The van der Waals surface area contributed by atoms with Crippen molar-refractivity contribution in [2.24, 2.45) is 0 Å². The molecule has 120 valence electrons. The lowest BCUT2D eigenvalue weighted by atomic mass is 9.78. The summed E-state index contributed by atoms with van der Waals surface area (Å²) in [6.45, 7) is 0. The quantitative estimate of drug-likeness (QED) is 0.868. The van der Waals surface area contributed by atoms with Crippen LogP contribution in [0.4, 0.5) is 0 Å². The number of hydrogen-bond acceptors (Lipinski definition) is 4. The molecule has 2 aromatic carbocycles. The predicted octanol–water partition coefficient (Wildman–Crippen LogP) is 3.36. The van der Waals surface area contributed by atoms with Gasteiger partial charge in [0.25, 0.3) is 0 Å². The molecule has 0 spiro atoms. The van der Waals surface area contributed by atoms with Gasteiger partial charge in [-0.2, -0.15) is 0 Å². The predicted molar refractivity (Wildman–Crippen MR) is 87.7 cm³/mol. The molecule has 3 rings (SSSR count). The van der Waals surface area contributed by atoms with Crippen molar-refractivity contribution in [3.05, 3.63) is 53.1 Å². The van der Waals surface area contributed by atoms with E-state index in [4.69, 9.17) is 14.2 Å². The molecule has 0 amide bonds. The number of methoxy groups -OCH3 is 3. The Balaban J connectivity index is 2.07. The second-order valence-electron chi connectivity index (χ2n) is 5.65. The highest BCUT2D eigenvalue weighted by Crippen LogP contribution is 2.41. The molecular formula is C19H20O4. The zero-order valence-electron chi connectivity index (χ0n) is 13.6. The van der Waals surface area contributed by atoms with Crippen LogP contribution in [0.1, 0.15) is 29.0 Å². The fourth-order valence-corrected chi connectivity index (χ4v) is 3.17. The molecule has 1 unspecified atom stereocenters. The third-order valence-electron chi connectivity index (χ3n) is 4.36. The summed E-state index contributed by atoms with van der Waals surface area (Å²) < 4.78 is 16.0. The monoisotopic (exact) mass is 312 g/mol. The van der Waals surface area contributed by atoms with Gasteiger partial charge in [0.1, 0.15) is 11.5 Å². The highest BCUT2D eigenvalue weighted by Gasteiger charge is 2.28. The lowest BCUT2D eigenvalue weighted by Gasteiger charge is -2.26. The van der Waals surface area contributed by atoms with Crippen molar-refractivity contribution < 1.29 is 19.0 Å². The molecule has 2 aromatic rings. The maximum absolute atomic E-state index is 12.2. The number of rotatable bonds is 4. The third kappa shape index (κ3) is 2.89. The maximum Gasteiger partial charge on any atom is 0.161 e. The smallest absolute Gasteiger partial charge is 0.161 e. The van der Waals surface area contributed by atoms with Crippen LogP contribution in [-0.4, -0.2) is 27.1 Å². The summed E-state index contributed by atoms with van der Waals surface area (Å²) in [4.78, 5) is 12.2. The van der Waals surface area contributed by atoms with E-state index in [0.29, 0.717) is 24.3 Å². The summed E-state index contributed by atoms with van der Waals surface area (Å²) in [6, 6.07) is 11.8. The Bertz CT molecular complexity index is 719. The van der Waals surface area contributed by atoms with Gasteiger partial charge in [-0.15, -0.1) is 0 Å². The van der Waals surface area contributed by atoms with Crippen molar-refractivity contribution in [3.8, 4) is 17.2 Å². The number of fused-ring (bicyclic) bond motifs is 1. The van der Waals surface area contributed by atoms with Crippen LogP contribution in [0.5, 0.6) is 17.2 Å². The molecule has 1 aliphatic carbocycles. The van der Waals surface area contributed by atoms with Crippen molar-refractivity contribution in [1.82, 2.24) is 0 Å². The number of carbonyl (C=O) groups excluding carboxylic acids is 1. The number of carbonyl (C=O) groups is 1. The molecule has 0 saturated heterocycles. The van der Waals surface area contributed by atoms with Crippen molar-refractivity contribution in [2.75, 3.05) is 21.3 Å². The van der Waals surface area contributed by atoms with E-state index >= 15 is 0 Å². The van der Waals surface area contributed by atoms with E-state index in [1.807, 2.05) is 36.4 Å². The number of Topliss-reactive ketones (excluding diaryl/α,β-unsaturated/α-hetero) is 1. The van der Waals surface area contributed by atoms with Crippen molar-refractivity contribution in [3.63, 3.8) is 0 Å². The molecule has 1 atom stereocenters. The lowest BCUT2D eigenvalue weighted by Crippen LogP contribution is -2.19. The normalized spacial score (nSPS) is 16.7. The summed E-state index contributed by atoms with van der Waals surface area (Å²) in [5, 5.41) is 0. The number of benzene rings is 2. The second-order valence-corrected chi connectivity index (χ2v) is 5.65. The summed E-state index contributed by atoms with van der Waals surface area (Å²) in [5.74, 6) is 2.44. The van der Waals surface area contributed by atoms with E-state index in [1.165, 1.54) is 0 Å². The van der Waals surface area contributed by atoms with E-state index in [2.05, 4.69) is 0 Å². The lowest BCUT2D eigenvalue weighted by molar-refractivity contribution is -0.119. The summed E-state index contributed by atoms with van der Waals surface area (Å²) in [7, 11) is 4.88. The Labute approximate surface area is 136 Å². The van der Waals surface area contributed by atoms with Crippen LogP contribution >= 0.6 is 0 Å². The van der Waals surface area contributed by atoms with Crippen LogP contribution in [0.25, 0.3) is 0 Å². The molecule has 0 fully saturated rings. The van der Waals surface area contributed by atoms with Crippen molar-refractivity contribution >= 4 is 5.78 Å². The van der Waals surface area contributed by atoms with Gasteiger partial charge >= 0.3 is 0 Å². The standard InChI is InChI=1S/C19H20O4/c1-21-15-6-4-12(5-7-15)16-10-14(20)8-13-9-18(22-2)19(23-3)11-17(13)16/h4-7,9,11,16H,8,10H2,1-3H3. The summed E-state index contributed by atoms with van der Waals surface area (Å²) >= 11 is 0. The average Bonchev–Trinajstić information content (AvgIpc) is 2.59. The van der Waals surface area contributed by atoms with E-state index in [9.17, 15) is 4.79 Å². The summed E-state index contributed by atoms with van der Waals surface area (Å²) in [6.07, 6.45) is 0.956. The van der Waals surface area contributed by atoms with Crippen molar-refractivity contribution in [2.45, 2.75) is 18.8 Å². The Morgan fingerprint density at radius 2 is 1.57 bits per heavy atom. The van der Waals surface area contributed by atoms with Gasteiger partial charge in [0.15, 0.2) is 11.5 Å². The van der Waals surface area contributed by atoms with Gasteiger partial charge in [0, 0.05) is 18.8 Å². The van der Waals surface area contributed by atoms with Gasteiger partial charge in [-0.05, 0) is 41.0 Å². The average molecular weight is 312 g/mol. The molecule has 0 heterocycles. The van der Waals surface area contributed by atoms with Crippen molar-refractivity contribution in [1.29, 1.82) is 0 Å². The Hall–Kier alpha value is -2.49. The van der Waals surface area contributed by atoms with E-state index in [-0.39, 0.29) is 11.7 Å². The van der Waals surface area contributed by atoms with E-state index in [0.717, 1.165) is 22.4 Å². The molecule has 0 radical (unpaired) electrons. The summed E-state index contributed by atoms with van der Waals surface area (Å²) in [5.41, 5.74) is 3.25. The van der Waals surface area contributed by atoms with Crippen LogP contribution in [0.15, 0.2) is 36.4 Å². The molecule has 0 bridgehead atoms. The molecule has 4 heteroatoms. The number of ketones is 1. The highest BCUT2D eigenvalue weighted by molar-refractivity contribution is 5.85. The first-order valence-electron chi connectivity index (χ1n) is 7.56. The molecule has 0 aliphatic heterocycles. The molecule has 1 aliphatic rings. The van der Waals surface area contributed by atoms with E-state index < -0.39 is 0 Å². The minimum absolute atomic E-state index is 0.0389. The molecule has 0 saturated carbocycles. The molecule has 0 N–H and O–H groups in total. The molecular weight excluding hydrogens is 292 g/mol. The Morgan fingerprint density at radius 3 is 2.17 bits per heavy atom. The first kappa shape index (κ1) is 15.4. The molecule has 4 nitrogen and oxygen atoms in total. The number of hydrogen-bond donors (Lipinski definition) is 0. The fraction of sp³-hybridized carbons (Fsp3) is 0.316. The Morgan fingerprint density at radius 1 is 0.913 bits per heavy atom. The first-order chi connectivity index (χ1) is 11.2. The minimum Gasteiger partial charge on any atom is -0.497 e. The minimum atomic E-state index is 0.0389. The highest BCUT2D eigenvalue weighted by atomic mass is 16.5. The second kappa shape index (κ2) is 6.32. The Kier molecular flexibility index (Phi) is 4.24. The largest absolute Gasteiger partial charge is 0.497 e. The first-order valence-corrected chi connectivity index (χ1v) is 7.56. The maximum atomic E-state index is 12.2. The fourth-order valence-electron chi connectivity index (χ4n) is 3.17. The molecule has 0 aromatic heterocycles. The van der Waals surface area contributed by atoms with Gasteiger partial charge in [-0.25, -0.2) is 0 Å². The van der Waals surface area contributed by atoms with Crippen LogP contribution in [0, 0.1) is 0 Å². The van der Waals surface area contributed by atoms with Gasteiger partial charge in [-0.1, -0.05) is 12.1 Å². The van der Waals surface area contributed by atoms with Crippen LogP contribution in [0.3, 0.4) is 0 Å². The van der Waals surface area contributed by atoms with Gasteiger partial charge < -0.3 is 14.2 Å². The van der Waals surface area contributed by atoms with Gasteiger partial charge in [0.05, 0.1) is 21.3 Å². The van der Waals surface area contributed by atoms with E-state index in [1.54, 1.807) is 21.3 Å².